The molecule has 1 aromatic rings. The topological polar surface area (TPSA) is 122 Å². The maximum Gasteiger partial charge on any atom is 0.326 e. The van der Waals surface area contributed by atoms with Gasteiger partial charge in [-0.05, 0) is 19.4 Å². The van der Waals surface area contributed by atoms with Crippen LogP contribution < -0.4 is 11.1 Å². The maximum atomic E-state index is 11.9. The van der Waals surface area contributed by atoms with Gasteiger partial charge in [-0.3, -0.25) is 14.6 Å². The molecule has 7 nitrogen and oxygen atoms in total. The molecule has 0 fully saturated rings. The van der Waals surface area contributed by atoms with E-state index in [1.54, 1.807) is 6.92 Å². The number of nitrogens with zero attached hydrogens (tertiary/aromatic N) is 1. The van der Waals surface area contributed by atoms with Gasteiger partial charge in [-0.2, -0.15) is 0 Å². The number of pyridine rings is 1. The van der Waals surface area contributed by atoms with E-state index in [9.17, 15) is 14.4 Å². The van der Waals surface area contributed by atoms with Crippen molar-refractivity contribution in [3.05, 3.63) is 28.5 Å². The van der Waals surface area contributed by atoms with Gasteiger partial charge in [0.2, 0.25) is 5.91 Å². The number of primary amides is 1. The van der Waals surface area contributed by atoms with Crippen molar-refractivity contribution >= 4 is 29.4 Å². The number of rotatable bonds is 6. The molecule has 1 aromatic heterocycles. The van der Waals surface area contributed by atoms with Crippen LogP contribution in [-0.2, 0) is 9.59 Å². The molecule has 0 aliphatic rings. The Bertz CT molecular complexity index is 548. The maximum absolute atomic E-state index is 11.9. The predicted molar refractivity (Wildman–Crippen MR) is 71.3 cm³/mol. The zero-order valence-corrected chi connectivity index (χ0v) is 11.5. The van der Waals surface area contributed by atoms with Crippen LogP contribution in [0.1, 0.15) is 28.9 Å². The monoisotopic (exact) mass is 299 g/mol. The lowest BCUT2D eigenvalue weighted by Gasteiger charge is -2.14. The quantitative estimate of drug-likeness (QED) is 0.705. The summed E-state index contributed by atoms with van der Waals surface area (Å²) in [6.45, 7) is 1.71. The molecule has 1 atom stereocenters. The largest absolute Gasteiger partial charge is 0.480 e. The van der Waals surface area contributed by atoms with E-state index in [0.717, 1.165) is 0 Å². The van der Waals surface area contributed by atoms with Gasteiger partial charge in [0.1, 0.15) is 6.04 Å². The Labute approximate surface area is 120 Å². The summed E-state index contributed by atoms with van der Waals surface area (Å²) >= 11 is 5.89. The summed E-state index contributed by atoms with van der Waals surface area (Å²) in [6.07, 6.45) is 1.03. The first kappa shape index (κ1) is 15.9. The molecule has 1 rings (SSSR count). The molecule has 20 heavy (non-hydrogen) atoms. The molecule has 0 unspecified atom stereocenters. The van der Waals surface area contributed by atoms with Gasteiger partial charge in [0, 0.05) is 18.3 Å². The number of aromatic nitrogens is 1. The number of hydrogen-bond acceptors (Lipinski definition) is 4. The minimum absolute atomic E-state index is 0.0718. The Kier molecular flexibility index (Phi) is 5.45. The van der Waals surface area contributed by atoms with Crippen LogP contribution >= 0.6 is 11.6 Å². The first-order chi connectivity index (χ1) is 9.31. The minimum atomic E-state index is -1.25. The second-order valence-corrected chi connectivity index (χ2v) is 4.58. The first-order valence-electron chi connectivity index (χ1n) is 5.75. The smallest absolute Gasteiger partial charge is 0.326 e. The Hall–Kier alpha value is -2.15. The molecule has 0 aromatic carbocycles. The van der Waals surface area contributed by atoms with Gasteiger partial charge in [-0.15, -0.1) is 0 Å². The Morgan fingerprint density at radius 2 is 2.15 bits per heavy atom. The number of carboxylic acid groups (broad SMARTS) is 1. The van der Waals surface area contributed by atoms with Crippen molar-refractivity contribution in [1.29, 1.82) is 0 Å². The summed E-state index contributed by atoms with van der Waals surface area (Å²) in [4.78, 5) is 37.5. The number of halogens is 1. The third kappa shape index (κ3) is 4.51. The summed E-state index contributed by atoms with van der Waals surface area (Å²) in [5, 5.41) is 11.4. The van der Waals surface area contributed by atoms with Crippen molar-refractivity contribution in [2.45, 2.75) is 25.8 Å². The van der Waals surface area contributed by atoms with Crippen molar-refractivity contribution in [1.82, 2.24) is 10.3 Å². The zero-order valence-electron chi connectivity index (χ0n) is 10.7. The summed E-state index contributed by atoms with van der Waals surface area (Å²) < 4.78 is 0. The van der Waals surface area contributed by atoms with Gasteiger partial charge in [0.15, 0.2) is 0 Å². The molecule has 0 radical (unpaired) electrons. The van der Waals surface area contributed by atoms with Gasteiger partial charge in [0.05, 0.1) is 10.6 Å². The standard InChI is InChI=1S/C12H14ClN3O4/c1-6-4-8(13)7(5-15-6)11(18)16-9(12(19)20)2-3-10(14)17/h4-5,9H,2-3H2,1H3,(H2,14,17)(H,16,18)(H,19,20)/t9-/m1/s1. The summed E-state index contributed by atoms with van der Waals surface area (Å²) in [6, 6.07) is 0.280. The van der Waals surface area contributed by atoms with Gasteiger partial charge in [-0.25, -0.2) is 4.79 Å². The number of nitrogens with two attached hydrogens (primary N) is 1. The Morgan fingerprint density at radius 1 is 1.50 bits per heavy atom. The zero-order chi connectivity index (χ0) is 15.3. The van der Waals surface area contributed by atoms with E-state index in [2.05, 4.69) is 10.3 Å². The third-order valence-corrected chi connectivity index (χ3v) is 2.83. The molecule has 8 heteroatoms. The molecule has 0 saturated heterocycles. The molecule has 0 saturated carbocycles. The molecule has 0 bridgehead atoms. The number of carbonyl (C=O) groups excluding carboxylic acids is 2. The van der Waals surface area contributed by atoms with E-state index in [0.29, 0.717) is 5.69 Å². The van der Waals surface area contributed by atoms with Crippen LogP contribution in [0.3, 0.4) is 0 Å². The fourth-order valence-electron chi connectivity index (χ4n) is 1.47. The number of aliphatic carboxylic acids is 1. The number of aryl methyl sites for hydroxylation is 1. The van der Waals surface area contributed by atoms with Crippen LogP contribution in [0, 0.1) is 6.92 Å². The third-order valence-electron chi connectivity index (χ3n) is 2.52. The van der Waals surface area contributed by atoms with Gasteiger partial charge in [0.25, 0.3) is 5.91 Å². The van der Waals surface area contributed by atoms with Crippen LogP contribution in [-0.4, -0.2) is 33.9 Å². The Balaban J connectivity index is 2.80. The Morgan fingerprint density at radius 3 is 2.65 bits per heavy atom. The first-order valence-corrected chi connectivity index (χ1v) is 6.13. The summed E-state index contributed by atoms with van der Waals surface area (Å²) in [7, 11) is 0. The SMILES string of the molecule is Cc1cc(Cl)c(C(=O)N[C@H](CCC(N)=O)C(=O)O)cn1. The van der Waals surface area contributed by atoms with Crippen LogP contribution in [0.2, 0.25) is 5.02 Å². The van der Waals surface area contributed by atoms with Crippen LogP contribution in [0.5, 0.6) is 0 Å². The van der Waals surface area contributed by atoms with Crippen LogP contribution in [0.4, 0.5) is 0 Å². The number of hydrogen-bond donors (Lipinski definition) is 3. The highest BCUT2D eigenvalue weighted by Gasteiger charge is 2.22. The molecule has 0 spiro atoms. The highest BCUT2D eigenvalue weighted by molar-refractivity contribution is 6.33. The lowest BCUT2D eigenvalue weighted by molar-refractivity contribution is -0.139. The van der Waals surface area contributed by atoms with Crippen molar-refractivity contribution in [2.24, 2.45) is 5.73 Å². The van der Waals surface area contributed by atoms with E-state index >= 15 is 0 Å². The second kappa shape index (κ2) is 6.85. The van der Waals surface area contributed by atoms with Crippen LogP contribution in [0.15, 0.2) is 12.3 Å². The normalized spacial score (nSPS) is 11.7. The molecular weight excluding hydrogens is 286 g/mol. The molecule has 1 heterocycles. The molecule has 0 aliphatic carbocycles. The molecular formula is C12H14ClN3O4. The summed E-state index contributed by atoms with van der Waals surface area (Å²) in [5.41, 5.74) is 5.65. The molecule has 2 amide bonds. The van der Waals surface area contributed by atoms with Crippen molar-refractivity contribution in [3.63, 3.8) is 0 Å². The number of carboxylic acids is 1. The van der Waals surface area contributed by atoms with Crippen molar-refractivity contribution < 1.29 is 19.5 Å². The highest BCUT2D eigenvalue weighted by atomic mass is 35.5. The minimum Gasteiger partial charge on any atom is -0.480 e. The number of nitrogens with one attached hydrogen (secondary N) is 1. The van der Waals surface area contributed by atoms with Crippen molar-refractivity contribution in [3.8, 4) is 0 Å². The van der Waals surface area contributed by atoms with E-state index in [1.807, 2.05) is 0 Å². The van der Waals surface area contributed by atoms with Gasteiger partial charge in [-0.1, -0.05) is 11.6 Å². The molecule has 108 valence electrons. The van der Waals surface area contributed by atoms with E-state index in [4.69, 9.17) is 22.4 Å². The van der Waals surface area contributed by atoms with Gasteiger partial charge >= 0.3 is 5.97 Å². The van der Waals surface area contributed by atoms with E-state index in [-0.39, 0.29) is 23.4 Å². The lowest BCUT2D eigenvalue weighted by Crippen LogP contribution is -2.41. The van der Waals surface area contributed by atoms with E-state index in [1.165, 1.54) is 12.3 Å². The average Bonchev–Trinajstić information content (AvgIpc) is 2.33. The van der Waals surface area contributed by atoms with Gasteiger partial charge < -0.3 is 16.2 Å². The fourth-order valence-corrected chi connectivity index (χ4v) is 1.77. The summed E-state index contributed by atoms with van der Waals surface area (Å²) in [5.74, 6) is -2.56. The van der Waals surface area contributed by atoms with Crippen molar-refractivity contribution in [2.75, 3.05) is 0 Å². The second-order valence-electron chi connectivity index (χ2n) is 4.17. The number of carbonyl (C=O) groups is 3. The predicted octanol–water partition coefficient (Wildman–Crippen LogP) is 0.492. The molecule has 0 aliphatic heterocycles. The molecule has 4 N–H and O–H groups in total. The highest BCUT2D eigenvalue weighted by Crippen LogP contribution is 2.15. The average molecular weight is 300 g/mol. The van der Waals surface area contributed by atoms with Crippen LogP contribution in [0.25, 0.3) is 0 Å². The fraction of sp³-hybridized carbons (Fsp3) is 0.333. The van der Waals surface area contributed by atoms with E-state index < -0.39 is 23.8 Å². The number of amides is 2. The lowest BCUT2D eigenvalue weighted by atomic mass is 10.1.